The fraction of sp³-hybridized carbons (Fsp3) is 0.231. The molecule has 0 fully saturated rings. The number of rotatable bonds is 8. The van der Waals surface area contributed by atoms with Gasteiger partial charge in [-0.25, -0.2) is 0 Å². The lowest BCUT2D eigenvalue weighted by Crippen LogP contribution is -2.28. The zero-order valence-corrected chi connectivity index (χ0v) is 18.0. The Kier molecular flexibility index (Phi) is 6.82. The van der Waals surface area contributed by atoms with Crippen molar-refractivity contribution in [3.8, 4) is 5.75 Å². The van der Waals surface area contributed by atoms with E-state index in [4.69, 9.17) is 9.47 Å². The fourth-order valence-corrected chi connectivity index (χ4v) is 3.73. The van der Waals surface area contributed by atoms with Crippen LogP contribution in [-0.4, -0.2) is 38.2 Å². The van der Waals surface area contributed by atoms with E-state index in [2.05, 4.69) is 11.4 Å². The van der Waals surface area contributed by atoms with Crippen LogP contribution in [0.2, 0.25) is 0 Å². The van der Waals surface area contributed by atoms with E-state index in [1.54, 1.807) is 47.4 Å². The molecule has 1 aliphatic heterocycles. The highest BCUT2D eigenvalue weighted by Crippen LogP contribution is 2.29. The summed E-state index contributed by atoms with van der Waals surface area (Å²) >= 11 is 0. The minimum Gasteiger partial charge on any atom is -0.490 e. The highest BCUT2D eigenvalue weighted by atomic mass is 16.5. The van der Waals surface area contributed by atoms with Gasteiger partial charge >= 0.3 is 0 Å². The molecule has 0 aliphatic carbocycles. The summed E-state index contributed by atoms with van der Waals surface area (Å²) < 4.78 is 11.0. The summed E-state index contributed by atoms with van der Waals surface area (Å²) in [6, 6.07) is 22.0. The molecule has 4 rings (SSSR count). The first-order valence-corrected chi connectivity index (χ1v) is 10.8. The van der Waals surface area contributed by atoms with Gasteiger partial charge in [0.1, 0.15) is 12.4 Å². The second-order valence-corrected chi connectivity index (χ2v) is 7.41. The van der Waals surface area contributed by atoms with E-state index in [0.717, 1.165) is 12.1 Å². The van der Waals surface area contributed by atoms with E-state index in [-0.39, 0.29) is 11.8 Å². The van der Waals surface area contributed by atoms with Gasteiger partial charge in [0, 0.05) is 30.1 Å². The smallest absolute Gasteiger partial charge is 0.259 e. The molecular weight excluding hydrogens is 404 g/mol. The minimum atomic E-state index is -0.274. The van der Waals surface area contributed by atoms with Crippen molar-refractivity contribution in [1.82, 2.24) is 0 Å². The molecule has 0 saturated carbocycles. The van der Waals surface area contributed by atoms with Crippen LogP contribution < -0.4 is 15.0 Å². The van der Waals surface area contributed by atoms with Crippen molar-refractivity contribution in [2.75, 3.05) is 36.6 Å². The Bertz CT molecular complexity index is 1090. The molecule has 0 unspecified atom stereocenters. The lowest BCUT2D eigenvalue weighted by molar-refractivity contribution is 0.0986. The number of anilines is 2. The Labute approximate surface area is 187 Å². The van der Waals surface area contributed by atoms with Gasteiger partial charge in [-0.2, -0.15) is 0 Å². The molecule has 1 aliphatic rings. The van der Waals surface area contributed by atoms with Gasteiger partial charge in [0.05, 0.1) is 12.2 Å². The predicted molar refractivity (Wildman–Crippen MR) is 125 cm³/mol. The third kappa shape index (κ3) is 4.81. The molecule has 0 aromatic heterocycles. The Balaban J connectivity index is 1.41. The van der Waals surface area contributed by atoms with E-state index in [9.17, 15) is 9.59 Å². The Morgan fingerprint density at radius 2 is 1.69 bits per heavy atom. The summed E-state index contributed by atoms with van der Waals surface area (Å²) in [4.78, 5) is 27.6. The molecule has 32 heavy (non-hydrogen) atoms. The van der Waals surface area contributed by atoms with Crippen LogP contribution in [0.25, 0.3) is 0 Å². The van der Waals surface area contributed by atoms with Gasteiger partial charge in [0.2, 0.25) is 0 Å². The van der Waals surface area contributed by atoms with Crippen LogP contribution in [0.3, 0.4) is 0 Å². The van der Waals surface area contributed by atoms with Gasteiger partial charge in [-0.05, 0) is 61.4 Å². The van der Waals surface area contributed by atoms with Crippen LogP contribution >= 0.6 is 0 Å². The summed E-state index contributed by atoms with van der Waals surface area (Å²) in [5, 5.41) is 2.88. The lowest BCUT2D eigenvalue weighted by atomic mass is 10.1. The maximum atomic E-state index is 13.0. The van der Waals surface area contributed by atoms with Crippen molar-refractivity contribution in [2.45, 2.75) is 13.3 Å². The van der Waals surface area contributed by atoms with Crippen molar-refractivity contribution in [3.63, 3.8) is 0 Å². The SMILES string of the molecule is CCOCCOc1ccccc1C(=O)Nc1ccc(C(=O)N2CCc3ccccc32)cc1. The summed E-state index contributed by atoms with van der Waals surface area (Å²) in [6.45, 7) is 4.05. The van der Waals surface area contributed by atoms with E-state index < -0.39 is 0 Å². The quantitative estimate of drug-likeness (QED) is 0.532. The first-order valence-electron chi connectivity index (χ1n) is 10.8. The first kappa shape index (κ1) is 21.6. The van der Waals surface area contributed by atoms with Crippen LogP contribution in [0.5, 0.6) is 5.75 Å². The molecule has 0 radical (unpaired) electrons. The molecule has 0 spiro atoms. The van der Waals surface area contributed by atoms with E-state index in [1.807, 2.05) is 31.2 Å². The molecule has 1 N–H and O–H groups in total. The highest BCUT2D eigenvalue weighted by Gasteiger charge is 2.25. The lowest BCUT2D eigenvalue weighted by Gasteiger charge is -2.17. The number of amides is 2. The van der Waals surface area contributed by atoms with Crippen molar-refractivity contribution < 1.29 is 19.1 Å². The summed E-state index contributed by atoms with van der Waals surface area (Å²) in [5.41, 5.74) is 3.79. The summed E-state index contributed by atoms with van der Waals surface area (Å²) in [7, 11) is 0. The number of nitrogens with zero attached hydrogens (tertiary/aromatic N) is 1. The standard InChI is InChI=1S/C26H26N2O4/c1-2-31-17-18-32-24-10-6-4-8-22(24)25(29)27-21-13-11-20(12-14-21)26(30)28-16-15-19-7-3-5-9-23(19)28/h3-14H,2,15-18H2,1H3,(H,27,29). The third-order valence-electron chi connectivity index (χ3n) is 5.34. The number of hydrogen-bond donors (Lipinski definition) is 1. The van der Waals surface area contributed by atoms with E-state index in [1.165, 1.54) is 5.56 Å². The van der Waals surface area contributed by atoms with Crippen molar-refractivity contribution >= 4 is 23.2 Å². The number of carbonyl (C=O) groups is 2. The normalized spacial score (nSPS) is 12.3. The van der Waals surface area contributed by atoms with Crippen molar-refractivity contribution in [3.05, 3.63) is 89.5 Å². The average molecular weight is 431 g/mol. The van der Waals surface area contributed by atoms with Crippen LogP contribution in [0.4, 0.5) is 11.4 Å². The van der Waals surface area contributed by atoms with E-state index >= 15 is 0 Å². The number of nitrogens with one attached hydrogen (secondary N) is 1. The minimum absolute atomic E-state index is 0.0409. The van der Waals surface area contributed by atoms with Gasteiger partial charge in [-0.1, -0.05) is 30.3 Å². The maximum absolute atomic E-state index is 13.0. The van der Waals surface area contributed by atoms with Gasteiger partial charge in [-0.15, -0.1) is 0 Å². The molecule has 0 atom stereocenters. The number of hydrogen-bond acceptors (Lipinski definition) is 4. The maximum Gasteiger partial charge on any atom is 0.259 e. The Morgan fingerprint density at radius 3 is 2.50 bits per heavy atom. The molecule has 2 amide bonds. The monoisotopic (exact) mass is 430 g/mol. The van der Waals surface area contributed by atoms with Crippen LogP contribution in [0.15, 0.2) is 72.8 Å². The molecule has 0 saturated heterocycles. The molecule has 3 aromatic rings. The number of ether oxygens (including phenoxy) is 2. The molecule has 3 aromatic carbocycles. The summed E-state index contributed by atoms with van der Waals surface area (Å²) in [6.07, 6.45) is 0.863. The zero-order chi connectivity index (χ0) is 22.3. The first-order chi connectivity index (χ1) is 15.7. The van der Waals surface area contributed by atoms with Crippen LogP contribution in [0.1, 0.15) is 33.2 Å². The van der Waals surface area contributed by atoms with Crippen molar-refractivity contribution in [2.24, 2.45) is 0 Å². The number of benzene rings is 3. The molecule has 1 heterocycles. The molecule has 6 heteroatoms. The highest BCUT2D eigenvalue weighted by molar-refractivity contribution is 6.08. The predicted octanol–water partition coefficient (Wildman–Crippen LogP) is 4.56. The van der Waals surface area contributed by atoms with Gasteiger partial charge < -0.3 is 19.7 Å². The van der Waals surface area contributed by atoms with Gasteiger partial charge in [0.15, 0.2) is 0 Å². The average Bonchev–Trinajstić information content (AvgIpc) is 3.26. The molecular formula is C26H26N2O4. The summed E-state index contributed by atoms with van der Waals surface area (Å²) in [5.74, 6) is 0.189. The Morgan fingerprint density at radius 1 is 0.938 bits per heavy atom. The Hall–Kier alpha value is -3.64. The number of carbonyl (C=O) groups excluding carboxylic acids is 2. The third-order valence-corrected chi connectivity index (χ3v) is 5.34. The van der Waals surface area contributed by atoms with Crippen molar-refractivity contribution in [1.29, 1.82) is 0 Å². The molecule has 0 bridgehead atoms. The number of fused-ring (bicyclic) bond motifs is 1. The van der Waals surface area contributed by atoms with Gasteiger partial charge in [-0.3, -0.25) is 9.59 Å². The van der Waals surface area contributed by atoms with Crippen LogP contribution in [0, 0.1) is 0 Å². The molecule has 6 nitrogen and oxygen atoms in total. The largest absolute Gasteiger partial charge is 0.490 e. The fourth-order valence-electron chi connectivity index (χ4n) is 3.73. The van der Waals surface area contributed by atoms with Crippen LogP contribution in [-0.2, 0) is 11.2 Å². The van der Waals surface area contributed by atoms with E-state index in [0.29, 0.717) is 48.9 Å². The second kappa shape index (κ2) is 10.1. The zero-order valence-electron chi connectivity index (χ0n) is 18.0. The topological polar surface area (TPSA) is 67.9 Å². The number of para-hydroxylation sites is 2. The molecule has 164 valence electrons. The second-order valence-electron chi connectivity index (χ2n) is 7.41. The van der Waals surface area contributed by atoms with Gasteiger partial charge in [0.25, 0.3) is 11.8 Å².